The van der Waals surface area contributed by atoms with Crippen LogP contribution in [-0.2, 0) is 23.5 Å². The molecule has 0 spiro atoms. The molecule has 3 heterocycles. The van der Waals surface area contributed by atoms with Crippen molar-refractivity contribution in [2.24, 2.45) is 7.05 Å². The molecule has 3 aromatic rings. The number of nitrogens with one attached hydrogen (secondary N) is 1. The molecule has 0 amide bonds. The number of sulfonamides is 1. The van der Waals surface area contributed by atoms with Gasteiger partial charge in [-0.05, 0) is 43.3 Å². The fraction of sp³-hybridized carbons (Fsp3) is 0.476. The van der Waals surface area contributed by atoms with Crippen molar-refractivity contribution in [3.63, 3.8) is 0 Å². The maximum atomic E-state index is 13.3. The minimum absolute atomic E-state index is 0.103. The largest absolute Gasteiger partial charge is 0.493 e. The Bertz CT molecular complexity index is 1330. The fourth-order valence-corrected chi connectivity index (χ4v) is 5.57. The number of H-pyrrole nitrogens is 1. The smallest absolute Gasteiger partial charge is 0.277 e. The van der Waals surface area contributed by atoms with E-state index in [1.165, 1.54) is 21.1 Å². The summed E-state index contributed by atoms with van der Waals surface area (Å²) in [5.74, 6) is 0.675. The number of benzene rings is 1. The standard InChI is InChI=1S/C21H27ClN6O4S/c1-4-6-16-18-19(26(3)25-16)21(29)24-20(23-18)15-13-14(7-8-17(15)32-5-2)33(30,31)28-11-9-27(22)10-12-28/h7-8,13H,4-6,9-12H2,1-3H3,(H,23,24,29). The van der Waals surface area contributed by atoms with Gasteiger partial charge in [0.1, 0.15) is 17.1 Å². The van der Waals surface area contributed by atoms with Crippen molar-refractivity contribution in [3.8, 4) is 17.1 Å². The Morgan fingerprint density at radius 2 is 1.91 bits per heavy atom. The number of aryl methyl sites for hydroxylation is 2. The van der Waals surface area contributed by atoms with Crippen LogP contribution < -0.4 is 10.3 Å². The van der Waals surface area contributed by atoms with Gasteiger partial charge in [0, 0.05) is 33.2 Å². The molecule has 178 valence electrons. The first-order chi connectivity index (χ1) is 15.8. The Morgan fingerprint density at radius 3 is 2.58 bits per heavy atom. The molecule has 0 aliphatic carbocycles. The lowest BCUT2D eigenvalue weighted by Gasteiger charge is -2.30. The van der Waals surface area contributed by atoms with Crippen LogP contribution in [0.4, 0.5) is 0 Å². The number of halogens is 1. The normalized spacial score (nSPS) is 15.9. The van der Waals surface area contributed by atoms with Crippen LogP contribution in [0.25, 0.3) is 22.4 Å². The first-order valence-electron chi connectivity index (χ1n) is 10.9. The number of piperazine rings is 1. The van der Waals surface area contributed by atoms with E-state index in [4.69, 9.17) is 16.5 Å². The third-order valence-electron chi connectivity index (χ3n) is 5.58. The van der Waals surface area contributed by atoms with Gasteiger partial charge in [0.2, 0.25) is 10.0 Å². The average molecular weight is 495 g/mol. The number of rotatable bonds is 7. The van der Waals surface area contributed by atoms with Crippen molar-refractivity contribution in [1.29, 1.82) is 0 Å². The Labute approximate surface area is 197 Å². The van der Waals surface area contributed by atoms with Crippen molar-refractivity contribution < 1.29 is 13.2 Å². The molecule has 0 radical (unpaired) electrons. The minimum atomic E-state index is -3.76. The van der Waals surface area contributed by atoms with E-state index in [1.807, 2.05) is 13.8 Å². The van der Waals surface area contributed by atoms with Gasteiger partial charge in [-0.1, -0.05) is 13.3 Å². The lowest BCUT2D eigenvalue weighted by molar-refractivity contribution is 0.282. The van der Waals surface area contributed by atoms with Gasteiger partial charge in [0.15, 0.2) is 5.52 Å². The first-order valence-corrected chi connectivity index (χ1v) is 12.7. The zero-order valence-electron chi connectivity index (χ0n) is 18.8. The van der Waals surface area contributed by atoms with Crippen molar-refractivity contribution in [3.05, 3.63) is 34.2 Å². The Balaban J connectivity index is 1.85. The summed E-state index contributed by atoms with van der Waals surface area (Å²) in [5.41, 5.74) is 1.67. The summed E-state index contributed by atoms with van der Waals surface area (Å²) in [6, 6.07) is 4.62. The van der Waals surface area contributed by atoms with Crippen LogP contribution in [0.15, 0.2) is 27.9 Å². The monoisotopic (exact) mass is 494 g/mol. The van der Waals surface area contributed by atoms with E-state index in [0.717, 1.165) is 12.1 Å². The highest BCUT2D eigenvalue weighted by Crippen LogP contribution is 2.32. The molecule has 0 saturated carbocycles. The van der Waals surface area contributed by atoms with Crippen molar-refractivity contribution >= 4 is 32.8 Å². The summed E-state index contributed by atoms with van der Waals surface area (Å²) < 4.78 is 36.8. The zero-order valence-corrected chi connectivity index (χ0v) is 20.4. The summed E-state index contributed by atoms with van der Waals surface area (Å²) >= 11 is 5.98. The number of aromatic nitrogens is 4. The second-order valence-electron chi connectivity index (χ2n) is 7.84. The molecular weight excluding hydrogens is 468 g/mol. The van der Waals surface area contributed by atoms with E-state index in [1.54, 1.807) is 17.5 Å². The number of ether oxygens (including phenoxy) is 1. The lowest BCUT2D eigenvalue weighted by Crippen LogP contribution is -2.45. The van der Waals surface area contributed by atoms with Gasteiger partial charge < -0.3 is 9.72 Å². The summed E-state index contributed by atoms with van der Waals surface area (Å²) in [5, 5.41) is 4.44. The molecule has 1 aromatic carbocycles. The molecule has 4 rings (SSSR count). The van der Waals surface area contributed by atoms with E-state index < -0.39 is 10.0 Å². The summed E-state index contributed by atoms with van der Waals surface area (Å²) in [4.78, 5) is 20.5. The van der Waals surface area contributed by atoms with Crippen molar-refractivity contribution in [1.82, 2.24) is 28.5 Å². The van der Waals surface area contributed by atoms with Crippen LogP contribution in [0.2, 0.25) is 0 Å². The molecule has 1 saturated heterocycles. The molecule has 12 heteroatoms. The van der Waals surface area contributed by atoms with E-state index in [-0.39, 0.29) is 16.3 Å². The maximum absolute atomic E-state index is 13.3. The molecule has 1 aliphatic rings. The van der Waals surface area contributed by atoms with Crippen LogP contribution in [0.1, 0.15) is 26.0 Å². The third-order valence-corrected chi connectivity index (χ3v) is 7.81. The first kappa shape index (κ1) is 23.7. The Morgan fingerprint density at radius 1 is 1.18 bits per heavy atom. The maximum Gasteiger partial charge on any atom is 0.277 e. The Hall–Kier alpha value is -2.47. The molecule has 0 atom stereocenters. The van der Waals surface area contributed by atoms with E-state index >= 15 is 0 Å². The van der Waals surface area contributed by atoms with Gasteiger partial charge in [0.05, 0.1) is 22.8 Å². The molecule has 33 heavy (non-hydrogen) atoms. The van der Waals surface area contributed by atoms with E-state index in [2.05, 4.69) is 15.1 Å². The highest BCUT2D eigenvalue weighted by Gasteiger charge is 2.29. The Kier molecular flexibility index (Phi) is 6.76. The minimum Gasteiger partial charge on any atom is -0.493 e. The quantitative estimate of drug-likeness (QED) is 0.500. The fourth-order valence-electron chi connectivity index (χ4n) is 3.97. The summed E-state index contributed by atoms with van der Waals surface area (Å²) in [7, 11) is -2.05. The molecule has 0 bridgehead atoms. The predicted molar refractivity (Wildman–Crippen MR) is 126 cm³/mol. The predicted octanol–water partition coefficient (Wildman–Crippen LogP) is 2.13. The topological polar surface area (TPSA) is 113 Å². The van der Waals surface area contributed by atoms with Gasteiger partial charge in [-0.3, -0.25) is 9.48 Å². The number of fused-ring (bicyclic) bond motifs is 1. The van der Waals surface area contributed by atoms with E-state index in [9.17, 15) is 13.2 Å². The number of hydrogen-bond donors (Lipinski definition) is 1. The number of hydrogen-bond acceptors (Lipinski definition) is 7. The van der Waals surface area contributed by atoms with Crippen molar-refractivity contribution in [2.75, 3.05) is 32.8 Å². The second-order valence-corrected chi connectivity index (χ2v) is 10.3. The van der Waals surface area contributed by atoms with Crippen LogP contribution in [0.3, 0.4) is 0 Å². The molecule has 1 aliphatic heterocycles. The average Bonchev–Trinajstić information content (AvgIpc) is 3.10. The van der Waals surface area contributed by atoms with E-state index in [0.29, 0.717) is 61.6 Å². The number of nitrogens with zero attached hydrogens (tertiary/aromatic N) is 5. The molecule has 1 fully saturated rings. The van der Waals surface area contributed by atoms with Gasteiger partial charge >= 0.3 is 0 Å². The highest BCUT2D eigenvalue weighted by atomic mass is 35.5. The zero-order chi connectivity index (χ0) is 23.8. The van der Waals surface area contributed by atoms with Crippen LogP contribution in [0.5, 0.6) is 5.75 Å². The second kappa shape index (κ2) is 9.41. The molecule has 2 aromatic heterocycles. The summed E-state index contributed by atoms with van der Waals surface area (Å²) in [6.07, 6.45) is 1.52. The van der Waals surface area contributed by atoms with Crippen LogP contribution in [0, 0.1) is 0 Å². The van der Waals surface area contributed by atoms with Crippen molar-refractivity contribution in [2.45, 2.75) is 31.6 Å². The van der Waals surface area contributed by atoms with Gasteiger partial charge in [0.25, 0.3) is 5.56 Å². The molecule has 1 N–H and O–H groups in total. The molecule has 10 nitrogen and oxygen atoms in total. The summed E-state index contributed by atoms with van der Waals surface area (Å²) in [6.45, 7) is 5.71. The van der Waals surface area contributed by atoms with Gasteiger partial charge in [-0.25, -0.2) is 17.8 Å². The molecular formula is C21H27ClN6O4S. The lowest BCUT2D eigenvalue weighted by atomic mass is 10.1. The third kappa shape index (κ3) is 4.50. The van der Waals surface area contributed by atoms with Crippen LogP contribution >= 0.6 is 11.8 Å². The molecule has 0 unspecified atom stereocenters. The van der Waals surface area contributed by atoms with Crippen LogP contribution in [-0.4, -0.2) is 69.7 Å². The number of aromatic amines is 1. The SMILES string of the molecule is CCCc1nn(C)c2c(=O)[nH]c(-c3cc(S(=O)(=O)N4CCN(Cl)CC4)ccc3OCC)nc12. The van der Waals surface area contributed by atoms with Gasteiger partial charge in [-0.15, -0.1) is 0 Å². The van der Waals surface area contributed by atoms with Gasteiger partial charge in [-0.2, -0.15) is 9.40 Å². The highest BCUT2D eigenvalue weighted by molar-refractivity contribution is 7.89.